The van der Waals surface area contributed by atoms with Gasteiger partial charge in [0.15, 0.2) is 5.82 Å². The number of benzene rings is 1. The van der Waals surface area contributed by atoms with Crippen molar-refractivity contribution >= 4 is 29.1 Å². The van der Waals surface area contributed by atoms with Gasteiger partial charge in [-0.3, -0.25) is 19.5 Å². The number of halogens is 1. The summed E-state index contributed by atoms with van der Waals surface area (Å²) in [7, 11) is 0. The van der Waals surface area contributed by atoms with Crippen molar-refractivity contribution in [2.45, 2.75) is 19.3 Å². The van der Waals surface area contributed by atoms with Crippen LogP contribution >= 0.6 is 0 Å². The first kappa shape index (κ1) is 26.4. The van der Waals surface area contributed by atoms with Crippen molar-refractivity contribution in [3.63, 3.8) is 0 Å². The molecule has 0 aliphatic carbocycles. The zero-order valence-corrected chi connectivity index (χ0v) is 21.4. The van der Waals surface area contributed by atoms with Gasteiger partial charge in [-0.1, -0.05) is 0 Å². The number of carbonyl (C=O) groups excluding carboxylic acids is 2. The predicted molar refractivity (Wildman–Crippen MR) is 143 cm³/mol. The molecule has 2 aromatic heterocycles. The summed E-state index contributed by atoms with van der Waals surface area (Å²) in [4.78, 5) is 40.6. The molecule has 5 rings (SSSR count). The van der Waals surface area contributed by atoms with Crippen molar-refractivity contribution in [2.75, 3.05) is 56.6 Å². The minimum absolute atomic E-state index is 0.0690. The Bertz CT molecular complexity index is 1330. The van der Waals surface area contributed by atoms with Gasteiger partial charge in [0.05, 0.1) is 43.5 Å². The molecule has 12 heteroatoms. The van der Waals surface area contributed by atoms with Crippen molar-refractivity contribution in [3.8, 4) is 17.0 Å². The highest BCUT2D eigenvalue weighted by Gasteiger charge is 2.17. The molecule has 1 saturated heterocycles. The molecule has 0 spiro atoms. The molecule has 0 unspecified atom stereocenters. The Morgan fingerprint density at radius 1 is 1.08 bits per heavy atom. The van der Waals surface area contributed by atoms with Gasteiger partial charge < -0.3 is 25.4 Å². The molecule has 1 aromatic carbocycles. The zero-order chi connectivity index (χ0) is 27.0. The molecule has 0 saturated carbocycles. The Labute approximate surface area is 225 Å². The molecule has 3 aromatic rings. The van der Waals surface area contributed by atoms with Gasteiger partial charge in [-0.2, -0.15) is 0 Å². The van der Waals surface area contributed by atoms with Crippen LogP contribution in [0, 0.1) is 5.82 Å². The number of pyridine rings is 1. The molecule has 11 nitrogen and oxygen atoms in total. The summed E-state index contributed by atoms with van der Waals surface area (Å²) in [5, 5.41) is 8.84. The molecular formula is C27H30FN7O4. The van der Waals surface area contributed by atoms with E-state index in [2.05, 4.69) is 35.8 Å². The highest BCUT2D eigenvalue weighted by Crippen LogP contribution is 2.27. The minimum atomic E-state index is -0.602. The Morgan fingerprint density at radius 3 is 2.82 bits per heavy atom. The van der Waals surface area contributed by atoms with E-state index in [0.717, 1.165) is 19.3 Å². The van der Waals surface area contributed by atoms with Gasteiger partial charge >= 0.3 is 0 Å². The quantitative estimate of drug-likeness (QED) is 0.462. The molecule has 6 bridgehead atoms. The van der Waals surface area contributed by atoms with Crippen LogP contribution < -0.4 is 20.7 Å². The van der Waals surface area contributed by atoms with Crippen LogP contribution in [0.3, 0.4) is 0 Å². The van der Waals surface area contributed by atoms with Crippen molar-refractivity contribution < 1.29 is 23.5 Å². The van der Waals surface area contributed by atoms with Crippen molar-refractivity contribution in [1.29, 1.82) is 0 Å². The van der Waals surface area contributed by atoms with Crippen LogP contribution in [-0.4, -0.2) is 77.7 Å². The number of fused-ring (bicyclic) bond motifs is 7. The number of nitrogens with one attached hydrogen (secondary N) is 3. The molecule has 1 fully saturated rings. The van der Waals surface area contributed by atoms with Crippen LogP contribution in [0.2, 0.25) is 0 Å². The molecular weight excluding hydrogens is 505 g/mol. The minimum Gasteiger partial charge on any atom is -0.492 e. The van der Waals surface area contributed by atoms with E-state index in [1.807, 2.05) is 0 Å². The number of carbonyl (C=O) groups is 2. The molecule has 39 heavy (non-hydrogen) atoms. The van der Waals surface area contributed by atoms with Crippen LogP contribution in [0.4, 0.5) is 21.7 Å². The number of rotatable bonds is 4. The molecule has 2 aliphatic heterocycles. The number of ether oxygens (including phenoxy) is 2. The maximum absolute atomic E-state index is 14.6. The highest BCUT2D eigenvalue weighted by molar-refractivity contribution is 6.04. The number of amides is 2. The van der Waals surface area contributed by atoms with Gasteiger partial charge in [-0.15, -0.1) is 0 Å². The van der Waals surface area contributed by atoms with E-state index in [4.69, 9.17) is 9.47 Å². The van der Waals surface area contributed by atoms with Gasteiger partial charge in [0.1, 0.15) is 11.4 Å². The normalized spacial score (nSPS) is 16.3. The van der Waals surface area contributed by atoms with Gasteiger partial charge in [0, 0.05) is 50.0 Å². The lowest BCUT2D eigenvalue weighted by atomic mass is 10.1. The first-order valence-electron chi connectivity index (χ1n) is 12.9. The predicted octanol–water partition coefficient (Wildman–Crippen LogP) is 2.98. The lowest BCUT2D eigenvalue weighted by molar-refractivity contribution is -0.116. The standard InChI is InChI=1S/C27H30FN7O4/c28-22-17-31-27-32-19-4-5-21(26(37)30-6-7-35-8-11-38-12-9-35)23(14-19)33-24(36)3-1-2-10-39-20-13-18(15-29-16-20)25(22)34-27/h4-5,13-17H,1-3,6-12H2,(H,30,37)(H,33,36)(H,31,32,34). The number of hydrogen-bond donors (Lipinski definition) is 3. The Morgan fingerprint density at radius 2 is 1.95 bits per heavy atom. The maximum Gasteiger partial charge on any atom is 0.253 e. The van der Waals surface area contributed by atoms with Crippen LogP contribution in [0.15, 0.2) is 42.9 Å². The summed E-state index contributed by atoms with van der Waals surface area (Å²) in [5.74, 6) is -0.500. The van der Waals surface area contributed by atoms with E-state index in [1.165, 1.54) is 6.20 Å². The van der Waals surface area contributed by atoms with Gasteiger partial charge in [0.2, 0.25) is 11.9 Å². The van der Waals surface area contributed by atoms with Gasteiger partial charge in [0.25, 0.3) is 5.91 Å². The topological polar surface area (TPSA) is 131 Å². The third-order valence-electron chi connectivity index (χ3n) is 6.41. The summed E-state index contributed by atoms with van der Waals surface area (Å²) in [6.45, 7) is 4.58. The Kier molecular flexibility index (Phi) is 8.54. The lowest BCUT2D eigenvalue weighted by Gasteiger charge is -2.26. The van der Waals surface area contributed by atoms with Gasteiger partial charge in [-0.05, 0) is 37.1 Å². The number of aromatic nitrogens is 3. The molecule has 2 aliphatic rings. The van der Waals surface area contributed by atoms with Crippen LogP contribution in [0.1, 0.15) is 29.6 Å². The first-order chi connectivity index (χ1) is 19.0. The van der Waals surface area contributed by atoms with Crippen molar-refractivity contribution in [1.82, 2.24) is 25.2 Å². The van der Waals surface area contributed by atoms with Crippen LogP contribution in [0.25, 0.3) is 11.3 Å². The SMILES string of the molecule is O=C1CCCCOc2cncc(c2)-c2nc(ncc2F)Nc2ccc(C(=O)NCCN3CCOCC3)c(c2)N1. The smallest absolute Gasteiger partial charge is 0.253 e. The van der Waals surface area contributed by atoms with Crippen LogP contribution in [-0.2, 0) is 9.53 Å². The third-order valence-corrected chi connectivity index (χ3v) is 6.41. The second-order valence-electron chi connectivity index (χ2n) is 9.25. The monoisotopic (exact) mass is 535 g/mol. The number of nitrogens with zero attached hydrogens (tertiary/aromatic N) is 4. The summed E-state index contributed by atoms with van der Waals surface area (Å²) < 4.78 is 25.8. The summed E-state index contributed by atoms with van der Waals surface area (Å²) in [6.07, 6.45) is 5.58. The zero-order valence-electron chi connectivity index (χ0n) is 21.4. The summed E-state index contributed by atoms with van der Waals surface area (Å²) in [6, 6.07) is 6.62. The van der Waals surface area contributed by atoms with E-state index in [1.54, 1.807) is 30.5 Å². The largest absolute Gasteiger partial charge is 0.492 e. The Hall–Kier alpha value is -4.16. The van der Waals surface area contributed by atoms with E-state index in [0.29, 0.717) is 74.0 Å². The second-order valence-corrected chi connectivity index (χ2v) is 9.25. The molecule has 0 radical (unpaired) electrons. The van der Waals surface area contributed by atoms with E-state index in [9.17, 15) is 14.0 Å². The van der Waals surface area contributed by atoms with E-state index < -0.39 is 5.82 Å². The number of hydrogen-bond acceptors (Lipinski definition) is 9. The molecule has 3 N–H and O–H groups in total. The second kappa shape index (κ2) is 12.6. The van der Waals surface area contributed by atoms with Crippen molar-refractivity contribution in [3.05, 3.63) is 54.2 Å². The van der Waals surface area contributed by atoms with Gasteiger partial charge in [-0.25, -0.2) is 14.4 Å². The highest BCUT2D eigenvalue weighted by atomic mass is 19.1. The number of morpholine rings is 1. The number of anilines is 3. The molecule has 2 amide bonds. The molecule has 4 heterocycles. The molecule has 204 valence electrons. The summed E-state index contributed by atoms with van der Waals surface area (Å²) in [5.41, 5.74) is 1.72. The fourth-order valence-corrected chi connectivity index (χ4v) is 4.35. The lowest BCUT2D eigenvalue weighted by Crippen LogP contribution is -2.41. The van der Waals surface area contributed by atoms with E-state index >= 15 is 0 Å². The van der Waals surface area contributed by atoms with E-state index in [-0.39, 0.29) is 29.9 Å². The Balaban J connectivity index is 1.39. The fraction of sp³-hybridized carbons (Fsp3) is 0.370. The summed E-state index contributed by atoms with van der Waals surface area (Å²) >= 11 is 0. The fourth-order valence-electron chi connectivity index (χ4n) is 4.35. The first-order valence-corrected chi connectivity index (χ1v) is 12.9. The average molecular weight is 536 g/mol. The van der Waals surface area contributed by atoms with Crippen molar-refractivity contribution in [2.24, 2.45) is 0 Å². The van der Waals surface area contributed by atoms with Crippen LogP contribution in [0.5, 0.6) is 5.75 Å². The molecule has 0 atom stereocenters. The average Bonchev–Trinajstić information content (AvgIpc) is 2.94. The maximum atomic E-state index is 14.6. The third kappa shape index (κ3) is 7.03.